The molecular formula is C21H29N5O10. The number of carbonyl (C=O) groups is 6. The molecule has 36 heavy (non-hydrogen) atoms. The van der Waals surface area contributed by atoms with Crippen molar-refractivity contribution in [1.29, 1.82) is 0 Å². The van der Waals surface area contributed by atoms with Gasteiger partial charge in [0.2, 0.25) is 23.6 Å². The highest BCUT2D eigenvalue weighted by Crippen LogP contribution is 2.12. The molecule has 0 fully saturated rings. The van der Waals surface area contributed by atoms with Crippen molar-refractivity contribution in [1.82, 2.24) is 16.0 Å². The molecule has 198 valence electrons. The second-order valence-electron chi connectivity index (χ2n) is 7.78. The molecule has 0 aliphatic rings. The SMILES string of the molecule is NC(=O)CC(NC(=O)C(CO)NC(=O)C(N)CCC(=O)O)C(=O)NC(Cc1ccc(O)cc1)C(=O)O. The van der Waals surface area contributed by atoms with Crippen molar-refractivity contribution in [2.75, 3.05) is 6.61 Å². The Kier molecular flexibility index (Phi) is 11.8. The Hall–Kier alpha value is -4.24. The number of carbonyl (C=O) groups excluding carboxylic acids is 4. The van der Waals surface area contributed by atoms with Crippen LogP contribution in [-0.2, 0) is 35.2 Å². The van der Waals surface area contributed by atoms with Gasteiger partial charge >= 0.3 is 11.9 Å². The maximum Gasteiger partial charge on any atom is 0.326 e. The largest absolute Gasteiger partial charge is 0.508 e. The van der Waals surface area contributed by atoms with Crippen LogP contribution in [0, 0.1) is 0 Å². The lowest BCUT2D eigenvalue weighted by atomic mass is 10.0. The summed E-state index contributed by atoms with van der Waals surface area (Å²) >= 11 is 0. The molecule has 4 unspecified atom stereocenters. The predicted molar refractivity (Wildman–Crippen MR) is 121 cm³/mol. The number of nitrogens with one attached hydrogen (secondary N) is 3. The molecule has 1 aromatic carbocycles. The van der Waals surface area contributed by atoms with E-state index < -0.39 is 79.2 Å². The first kappa shape index (κ1) is 29.8. The zero-order chi connectivity index (χ0) is 27.4. The van der Waals surface area contributed by atoms with Crippen LogP contribution in [0.4, 0.5) is 0 Å². The maximum atomic E-state index is 12.7. The Morgan fingerprint density at radius 1 is 0.833 bits per heavy atom. The molecule has 4 amide bonds. The summed E-state index contributed by atoms with van der Waals surface area (Å²) in [6, 6.07) is -0.525. The molecule has 0 aromatic heterocycles. The fourth-order valence-electron chi connectivity index (χ4n) is 2.91. The normalized spacial score (nSPS) is 13.9. The highest BCUT2D eigenvalue weighted by Gasteiger charge is 2.31. The Bertz CT molecular complexity index is 968. The number of aliphatic hydroxyl groups is 1. The first-order valence-electron chi connectivity index (χ1n) is 10.6. The summed E-state index contributed by atoms with van der Waals surface area (Å²) in [6.07, 6.45) is -1.58. The van der Waals surface area contributed by atoms with Gasteiger partial charge in [-0.05, 0) is 24.1 Å². The minimum Gasteiger partial charge on any atom is -0.508 e. The Balaban J connectivity index is 2.90. The lowest BCUT2D eigenvalue weighted by molar-refractivity contribution is -0.142. The standard InChI is InChI=1S/C21H29N5O10/c22-12(5-6-17(30)31)18(32)26-15(9-27)20(34)24-13(8-16(23)29)19(33)25-14(21(35)36)7-10-1-3-11(28)4-2-10/h1-4,12-15,27-28H,5-9,22H2,(H2,23,29)(H,24,34)(H,25,33)(H,26,32)(H,30,31)(H,35,36). The quantitative estimate of drug-likeness (QED) is 0.112. The highest BCUT2D eigenvalue weighted by molar-refractivity contribution is 5.96. The molecule has 0 heterocycles. The third-order valence-electron chi connectivity index (χ3n) is 4.85. The molecule has 0 saturated heterocycles. The summed E-state index contributed by atoms with van der Waals surface area (Å²) in [6.45, 7) is -0.938. The third-order valence-corrected chi connectivity index (χ3v) is 4.85. The number of primary amides is 1. The van der Waals surface area contributed by atoms with Gasteiger partial charge in [-0.1, -0.05) is 12.1 Å². The molecular weight excluding hydrogens is 482 g/mol. The number of benzene rings is 1. The van der Waals surface area contributed by atoms with E-state index in [4.69, 9.17) is 16.6 Å². The zero-order valence-corrected chi connectivity index (χ0v) is 19.0. The van der Waals surface area contributed by atoms with E-state index in [9.17, 15) is 44.1 Å². The van der Waals surface area contributed by atoms with Crippen LogP contribution in [0.15, 0.2) is 24.3 Å². The number of carboxylic acid groups (broad SMARTS) is 2. The van der Waals surface area contributed by atoms with E-state index in [2.05, 4.69) is 16.0 Å². The van der Waals surface area contributed by atoms with Gasteiger partial charge in [-0.25, -0.2) is 4.79 Å². The van der Waals surface area contributed by atoms with E-state index in [1.165, 1.54) is 24.3 Å². The summed E-state index contributed by atoms with van der Waals surface area (Å²) in [5, 5.41) is 43.4. The van der Waals surface area contributed by atoms with Crippen LogP contribution in [0.1, 0.15) is 24.8 Å². The molecule has 1 aromatic rings. The van der Waals surface area contributed by atoms with E-state index >= 15 is 0 Å². The summed E-state index contributed by atoms with van der Waals surface area (Å²) in [7, 11) is 0. The van der Waals surface area contributed by atoms with Gasteiger partial charge in [0.1, 0.15) is 23.9 Å². The lowest BCUT2D eigenvalue weighted by Crippen LogP contribution is -2.58. The average Bonchev–Trinajstić information content (AvgIpc) is 2.80. The Labute approximate surface area is 204 Å². The predicted octanol–water partition coefficient (Wildman–Crippen LogP) is -3.47. The molecule has 11 N–H and O–H groups in total. The van der Waals surface area contributed by atoms with Crippen LogP contribution in [0.3, 0.4) is 0 Å². The second-order valence-corrected chi connectivity index (χ2v) is 7.78. The average molecular weight is 511 g/mol. The fraction of sp³-hybridized carbons (Fsp3) is 0.429. The van der Waals surface area contributed by atoms with Gasteiger partial charge in [0, 0.05) is 12.8 Å². The van der Waals surface area contributed by atoms with Crippen LogP contribution in [0.2, 0.25) is 0 Å². The molecule has 4 atom stereocenters. The van der Waals surface area contributed by atoms with Crippen molar-refractivity contribution < 1.29 is 49.2 Å². The van der Waals surface area contributed by atoms with Gasteiger partial charge in [0.25, 0.3) is 0 Å². The van der Waals surface area contributed by atoms with Crippen LogP contribution in [-0.4, -0.2) is 86.8 Å². The van der Waals surface area contributed by atoms with Crippen LogP contribution in [0.25, 0.3) is 0 Å². The highest BCUT2D eigenvalue weighted by atomic mass is 16.4. The van der Waals surface area contributed by atoms with Crippen LogP contribution in [0.5, 0.6) is 5.75 Å². The number of rotatable bonds is 15. The Morgan fingerprint density at radius 2 is 1.36 bits per heavy atom. The van der Waals surface area contributed by atoms with Crippen LogP contribution >= 0.6 is 0 Å². The van der Waals surface area contributed by atoms with E-state index in [0.717, 1.165) is 0 Å². The smallest absolute Gasteiger partial charge is 0.326 e. The summed E-state index contributed by atoms with van der Waals surface area (Å²) in [4.78, 5) is 71.0. The van der Waals surface area contributed by atoms with Gasteiger partial charge in [-0.2, -0.15) is 0 Å². The number of amides is 4. The minimum absolute atomic E-state index is 0.0488. The third kappa shape index (κ3) is 10.4. The molecule has 0 saturated carbocycles. The van der Waals surface area contributed by atoms with E-state index in [1.54, 1.807) is 0 Å². The second kappa shape index (κ2) is 14.2. The van der Waals surface area contributed by atoms with Crippen molar-refractivity contribution in [2.24, 2.45) is 11.5 Å². The fourth-order valence-corrected chi connectivity index (χ4v) is 2.91. The summed E-state index contributed by atoms with van der Waals surface area (Å²) < 4.78 is 0. The van der Waals surface area contributed by atoms with E-state index in [1.807, 2.05) is 0 Å². The molecule has 15 nitrogen and oxygen atoms in total. The minimum atomic E-state index is -1.65. The Morgan fingerprint density at radius 3 is 1.86 bits per heavy atom. The topological polar surface area (TPSA) is 271 Å². The number of aliphatic hydroxyl groups excluding tert-OH is 1. The van der Waals surface area contributed by atoms with Gasteiger partial charge < -0.3 is 47.8 Å². The van der Waals surface area contributed by atoms with E-state index in [0.29, 0.717) is 5.56 Å². The number of phenolic OH excluding ortho intramolecular Hbond substituents is 1. The number of carboxylic acids is 2. The van der Waals surface area contributed by atoms with E-state index in [-0.39, 0.29) is 18.6 Å². The van der Waals surface area contributed by atoms with Crippen molar-refractivity contribution >= 4 is 35.6 Å². The molecule has 0 aliphatic carbocycles. The summed E-state index contributed by atoms with van der Waals surface area (Å²) in [5.74, 6) is -6.80. The summed E-state index contributed by atoms with van der Waals surface area (Å²) in [5.41, 5.74) is 11.1. The monoisotopic (exact) mass is 511 g/mol. The first-order valence-corrected chi connectivity index (χ1v) is 10.6. The molecule has 0 aliphatic heterocycles. The lowest BCUT2D eigenvalue weighted by Gasteiger charge is -2.24. The van der Waals surface area contributed by atoms with Crippen molar-refractivity contribution in [3.63, 3.8) is 0 Å². The molecule has 1 rings (SSSR count). The van der Waals surface area contributed by atoms with Gasteiger partial charge in [0.05, 0.1) is 19.1 Å². The first-order chi connectivity index (χ1) is 16.8. The number of hydrogen-bond acceptors (Lipinski definition) is 9. The van der Waals surface area contributed by atoms with Gasteiger partial charge in [-0.15, -0.1) is 0 Å². The number of aromatic hydroxyl groups is 1. The molecule has 0 radical (unpaired) electrons. The van der Waals surface area contributed by atoms with Crippen molar-refractivity contribution in [3.8, 4) is 5.75 Å². The molecule has 0 bridgehead atoms. The number of nitrogens with two attached hydrogens (primary N) is 2. The maximum absolute atomic E-state index is 12.7. The van der Waals surface area contributed by atoms with Gasteiger partial charge in [-0.3, -0.25) is 24.0 Å². The number of hydrogen-bond donors (Lipinski definition) is 9. The van der Waals surface area contributed by atoms with Crippen molar-refractivity contribution in [3.05, 3.63) is 29.8 Å². The van der Waals surface area contributed by atoms with Crippen LogP contribution < -0.4 is 27.4 Å². The number of phenols is 1. The van der Waals surface area contributed by atoms with Gasteiger partial charge in [0.15, 0.2) is 0 Å². The number of aliphatic carboxylic acids is 2. The zero-order valence-electron chi connectivity index (χ0n) is 19.0. The van der Waals surface area contributed by atoms with Crippen molar-refractivity contribution in [2.45, 2.75) is 49.9 Å². The molecule has 0 spiro atoms. The molecule has 15 heteroatoms.